The van der Waals surface area contributed by atoms with E-state index in [1.807, 2.05) is 5.01 Å². The van der Waals surface area contributed by atoms with Gasteiger partial charge in [0.2, 0.25) is 0 Å². The van der Waals surface area contributed by atoms with Crippen LogP contribution in [0.3, 0.4) is 0 Å². The summed E-state index contributed by atoms with van der Waals surface area (Å²) in [5, 5.41) is 4.32. The minimum Gasteiger partial charge on any atom is -0.387 e. The molecule has 0 aromatic carbocycles. The first-order valence-electron chi connectivity index (χ1n) is 6.37. The Labute approximate surface area is 105 Å². The molecule has 0 aliphatic carbocycles. The van der Waals surface area contributed by atoms with Crippen molar-refractivity contribution >= 4 is 7.14 Å². The van der Waals surface area contributed by atoms with Gasteiger partial charge in [0.15, 0.2) is 1.41 Å². The molecule has 4 nitrogen and oxygen atoms in total. The van der Waals surface area contributed by atoms with Crippen LogP contribution >= 0.6 is 7.14 Å². The van der Waals surface area contributed by atoms with E-state index >= 15 is 0 Å². The third kappa shape index (κ3) is 2.23. The molecule has 0 amide bonds. The normalized spacial score (nSPS) is 22.2. The third-order valence-corrected chi connectivity index (χ3v) is 4.50. The van der Waals surface area contributed by atoms with Gasteiger partial charge < -0.3 is 15.3 Å². The van der Waals surface area contributed by atoms with Crippen molar-refractivity contribution in [1.29, 1.82) is 0 Å². The van der Waals surface area contributed by atoms with Crippen LogP contribution < -0.4 is 10.7 Å². The Morgan fingerprint density at radius 1 is 1.47 bits per heavy atom. The molecule has 0 saturated carbocycles. The molecule has 0 radical (unpaired) electrons. The standard InChI is InChI=1S/C12H22N3OP/c1-12(2,3)11-10(17(4,5)16)9-8-13-6-7-15(9)14-11/h8,13-14H,6-7H2,1-5H3/i/hD. The van der Waals surface area contributed by atoms with E-state index in [1.54, 1.807) is 19.5 Å². The topological polar surface area (TPSA) is 44.4 Å². The lowest BCUT2D eigenvalue weighted by Crippen LogP contribution is -2.41. The summed E-state index contributed by atoms with van der Waals surface area (Å²) in [6, 6.07) is 0. The molecule has 2 heterocycles. The van der Waals surface area contributed by atoms with Gasteiger partial charge in [0.1, 0.15) is 7.14 Å². The Bertz CT molecular complexity index is 472. The van der Waals surface area contributed by atoms with E-state index in [2.05, 4.69) is 26.2 Å². The molecule has 0 bridgehead atoms. The second-order valence-electron chi connectivity index (χ2n) is 6.01. The average molecular weight is 256 g/mol. The summed E-state index contributed by atoms with van der Waals surface area (Å²) >= 11 is 0. The van der Waals surface area contributed by atoms with Gasteiger partial charge in [-0.25, -0.2) is 0 Å². The number of rotatable bonds is 1. The molecule has 0 atom stereocenters. The minimum absolute atomic E-state index is 0.0813. The molecule has 5 heteroatoms. The van der Waals surface area contributed by atoms with Gasteiger partial charge in [-0.2, -0.15) is 0 Å². The second kappa shape index (κ2) is 3.81. The molecule has 2 aliphatic rings. The molecule has 2 N–H and O–H groups in total. The van der Waals surface area contributed by atoms with Gasteiger partial charge in [0.25, 0.3) is 0 Å². The Balaban J connectivity index is 2.57. The number of nitrogens with zero attached hydrogens (tertiary/aromatic N) is 1. The lowest BCUT2D eigenvalue weighted by molar-refractivity contribution is 0.266. The van der Waals surface area contributed by atoms with Gasteiger partial charge in [-0.15, -0.1) is 0 Å². The monoisotopic (exact) mass is 256 g/mol. The van der Waals surface area contributed by atoms with E-state index in [4.69, 9.17) is 1.41 Å². The van der Waals surface area contributed by atoms with Crippen molar-refractivity contribution in [2.45, 2.75) is 20.8 Å². The van der Waals surface area contributed by atoms with Crippen LogP contribution in [-0.4, -0.2) is 31.4 Å². The molecule has 2 aliphatic heterocycles. The number of nitrogens with one attached hydrogen (secondary N) is 2. The summed E-state index contributed by atoms with van der Waals surface area (Å²) in [7, 11) is -2.38. The summed E-state index contributed by atoms with van der Waals surface area (Å²) in [6.07, 6.45) is 1.77. The van der Waals surface area contributed by atoms with E-state index in [0.29, 0.717) is 6.54 Å². The maximum atomic E-state index is 12.6. The summed E-state index contributed by atoms with van der Waals surface area (Å²) in [4.78, 5) is 0. The highest BCUT2D eigenvalue weighted by molar-refractivity contribution is 7.67. The van der Waals surface area contributed by atoms with Gasteiger partial charge >= 0.3 is 0 Å². The highest BCUT2D eigenvalue weighted by Gasteiger charge is 2.38. The second-order valence-corrected chi connectivity index (χ2v) is 9.16. The van der Waals surface area contributed by atoms with E-state index in [-0.39, 0.29) is 5.41 Å². The van der Waals surface area contributed by atoms with Crippen molar-refractivity contribution in [1.82, 2.24) is 15.7 Å². The van der Waals surface area contributed by atoms with Crippen molar-refractivity contribution in [3.8, 4) is 0 Å². The largest absolute Gasteiger partial charge is 0.387 e. The van der Waals surface area contributed by atoms with E-state index in [9.17, 15) is 4.57 Å². The number of fused-ring (bicyclic) bond motifs is 1. The molecular weight excluding hydrogens is 233 g/mol. The summed E-state index contributed by atoms with van der Waals surface area (Å²) in [5.41, 5.74) is 5.21. The van der Waals surface area contributed by atoms with E-state index < -0.39 is 7.14 Å². The lowest BCUT2D eigenvalue weighted by atomic mass is 9.92. The lowest BCUT2D eigenvalue weighted by Gasteiger charge is -2.28. The zero-order valence-electron chi connectivity index (χ0n) is 12.2. The van der Waals surface area contributed by atoms with Crippen molar-refractivity contribution in [2.75, 3.05) is 26.4 Å². The van der Waals surface area contributed by atoms with Crippen LogP contribution in [0.1, 0.15) is 20.8 Å². The first-order valence-corrected chi connectivity index (χ1v) is 8.53. The van der Waals surface area contributed by atoms with Crippen LogP contribution in [0.4, 0.5) is 0 Å². The number of hydrogen-bond donors (Lipinski definition) is 2. The zero-order chi connectivity index (χ0) is 13.7. The van der Waals surface area contributed by atoms with Crippen LogP contribution in [0.2, 0.25) is 1.41 Å². The van der Waals surface area contributed by atoms with Crippen molar-refractivity contribution in [3.05, 3.63) is 22.9 Å². The van der Waals surface area contributed by atoms with Crippen LogP contribution in [0.25, 0.3) is 0 Å². The maximum Gasteiger partial charge on any atom is 0.160 e. The van der Waals surface area contributed by atoms with Crippen molar-refractivity contribution in [3.63, 3.8) is 0 Å². The smallest absolute Gasteiger partial charge is 0.160 e. The maximum absolute atomic E-state index is 12.6. The molecule has 0 spiro atoms. The highest BCUT2D eigenvalue weighted by Crippen LogP contribution is 2.56. The molecule has 0 saturated heterocycles. The molecule has 17 heavy (non-hydrogen) atoms. The zero-order valence-corrected chi connectivity index (χ0v) is 12.1. The summed E-state index contributed by atoms with van der Waals surface area (Å²) in [6.45, 7) is 11.3. The summed E-state index contributed by atoms with van der Waals surface area (Å²) < 4.78 is 20.3. The Kier molecular flexibility index (Phi) is 2.51. The predicted molar refractivity (Wildman–Crippen MR) is 71.9 cm³/mol. The molecular formula is C12H22N3OP. The van der Waals surface area contributed by atoms with Crippen LogP contribution in [0, 0.1) is 5.41 Å². The first-order chi connectivity index (χ1) is 8.10. The van der Waals surface area contributed by atoms with Crippen LogP contribution in [-0.2, 0) is 4.57 Å². The van der Waals surface area contributed by atoms with Crippen LogP contribution in [0.5, 0.6) is 0 Å². The SMILES string of the molecule is [2H]N1C=C2C(P(C)(C)=O)=C(C(C)(C)C)NN2CC1. The highest BCUT2D eigenvalue weighted by atomic mass is 31.2. The Morgan fingerprint density at radius 2 is 2.12 bits per heavy atom. The van der Waals surface area contributed by atoms with Gasteiger partial charge in [-0.3, -0.25) is 5.01 Å². The fourth-order valence-corrected chi connectivity index (χ4v) is 3.84. The van der Waals surface area contributed by atoms with Crippen LogP contribution in [0.15, 0.2) is 22.9 Å². The molecule has 0 aromatic rings. The van der Waals surface area contributed by atoms with E-state index in [1.165, 1.54) is 5.31 Å². The first kappa shape index (κ1) is 11.2. The molecule has 96 valence electrons. The fourth-order valence-electron chi connectivity index (χ4n) is 2.19. The summed E-state index contributed by atoms with van der Waals surface area (Å²) in [5.74, 6) is 0. The Hall–Kier alpha value is -0.890. The molecule has 0 aromatic heterocycles. The number of hydrazine groups is 1. The molecule has 0 unspecified atom stereocenters. The fraction of sp³-hybridized carbons (Fsp3) is 0.667. The predicted octanol–water partition coefficient (Wildman–Crippen LogP) is 2.13. The molecule has 2 rings (SSSR count). The van der Waals surface area contributed by atoms with Gasteiger partial charge in [-0.1, -0.05) is 20.8 Å². The van der Waals surface area contributed by atoms with Gasteiger partial charge in [0.05, 0.1) is 17.6 Å². The van der Waals surface area contributed by atoms with Gasteiger partial charge in [-0.05, 0) is 13.3 Å². The van der Waals surface area contributed by atoms with Gasteiger partial charge in [0, 0.05) is 23.9 Å². The minimum atomic E-state index is -2.38. The Morgan fingerprint density at radius 3 is 2.65 bits per heavy atom. The number of hydrogen-bond acceptors (Lipinski definition) is 4. The van der Waals surface area contributed by atoms with Crippen molar-refractivity contribution < 1.29 is 5.98 Å². The molecule has 0 fully saturated rings. The number of allylic oxidation sites excluding steroid dienone is 2. The van der Waals surface area contributed by atoms with E-state index in [0.717, 1.165) is 23.3 Å². The average Bonchev–Trinajstić information content (AvgIpc) is 2.54. The van der Waals surface area contributed by atoms with Crippen molar-refractivity contribution in [2.24, 2.45) is 5.41 Å². The quantitative estimate of drug-likeness (QED) is 0.705. The third-order valence-electron chi connectivity index (χ3n) is 2.97.